The molecule has 0 atom stereocenters. The number of hydrogen-bond donors (Lipinski definition) is 1. The van der Waals surface area contributed by atoms with E-state index in [9.17, 15) is 0 Å². The number of nitrogen functional groups attached to an aromatic ring is 1. The summed E-state index contributed by atoms with van der Waals surface area (Å²) in [5.41, 5.74) is 9.03. The molecule has 2 aromatic rings. The highest BCUT2D eigenvalue weighted by molar-refractivity contribution is 7.03. The number of anilines is 1. The van der Waals surface area contributed by atoms with E-state index in [1.165, 1.54) is 11.5 Å². The molecule has 4 heteroatoms. The molecule has 3 nitrogen and oxygen atoms in total. The van der Waals surface area contributed by atoms with Crippen LogP contribution in [0.5, 0.6) is 0 Å². The minimum Gasteiger partial charge on any atom is -0.399 e. The average molecular weight is 177 g/mol. The summed E-state index contributed by atoms with van der Waals surface area (Å²) in [4.78, 5) is 4.08. The van der Waals surface area contributed by atoms with Gasteiger partial charge in [-0.15, -0.1) is 0 Å². The molecule has 0 bridgehead atoms. The number of hydrogen-bond acceptors (Lipinski definition) is 4. The van der Waals surface area contributed by atoms with Crippen molar-refractivity contribution in [3.8, 4) is 11.4 Å². The Morgan fingerprint density at radius 3 is 2.92 bits per heavy atom. The molecule has 2 N–H and O–H groups in total. The van der Waals surface area contributed by atoms with E-state index in [4.69, 9.17) is 5.73 Å². The van der Waals surface area contributed by atoms with Gasteiger partial charge in [-0.25, -0.2) is 4.98 Å². The SMILES string of the molecule is Nc1cccc(-c2ncsn2)c1. The summed E-state index contributed by atoms with van der Waals surface area (Å²) >= 11 is 1.34. The highest BCUT2D eigenvalue weighted by Crippen LogP contribution is 2.17. The Balaban J connectivity index is 2.48. The zero-order valence-corrected chi connectivity index (χ0v) is 7.08. The lowest BCUT2D eigenvalue weighted by molar-refractivity contribution is 1.33. The van der Waals surface area contributed by atoms with Gasteiger partial charge in [-0.2, -0.15) is 4.37 Å². The Morgan fingerprint density at radius 1 is 1.33 bits per heavy atom. The molecule has 0 amide bonds. The summed E-state index contributed by atoms with van der Waals surface area (Å²) in [6.45, 7) is 0. The monoisotopic (exact) mass is 177 g/mol. The van der Waals surface area contributed by atoms with Crippen LogP contribution in [0.15, 0.2) is 29.8 Å². The van der Waals surface area contributed by atoms with E-state index in [-0.39, 0.29) is 0 Å². The van der Waals surface area contributed by atoms with Crippen molar-refractivity contribution in [2.24, 2.45) is 0 Å². The highest BCUT2D eigenvalue weighted by Gasteiger charge is 1.99. The quantitative estimate of drug-likeness (QED) is 0.675. The largest absolute Gasteiger partial charge is 0.399 e. The summed E-state index contributed by atoms with van der Waals surface area (Å²) in [6.07, 6.45) is 0. The maximum Gasteiger partial charge on any atom is 0.172 e. The van der Waals surface area contributed by atoms with Crippen molar-refractivity contribution in [2.75, 3.05) is 5.73 Å². The standard InChI is InChI=1S/C8H7N3S/c9-7-3-1-2-6(4-7)8-10-5-12-11-8/h1-5H,9H2. The lowest BCUT2D eigenvalue weighted by atomic mass is 10.2. The van der Waals surface area contributed by atoms with Gasteiger partial charge in [0.15, 0.2) is 5.82 Å². The smallest absolute Gasteiger partial charge is 0.172 e. The van der Waals surface area contributed by atoms with E-state index >= 15 is 0 Å². The molecular formula is C8H7N3S. The molecule has 0 fully saturated rings. The number of benzene rings is 1. The summed E-state index contributed by atoms with van der Waals surface area (Å²) in [5, 5.41) is 0. The fourth-order valence-corrected chi connectivity index (χ4v) is 1.42. The van der Waals surface area contributed by atoms with Gasteiger partial charge < -0.3 is 5.73 Å². The van der Waals surface area contributed by atoms with E-state index in [2.05, 4.69) is 9.36 Å². The minimum absolute atomic E-state index is 0.738. The summed E-state index contributed by atoms with van der Waals surface area (Å²) in [6, 6.07) is 7.54. The van der Waals surface area contributed by atoms with Gasteiger partial charge in [0.2, 0.25) is 0 Å². The van der Waals surface area contributed by atoms with Gasteiger partial charge in [0, 0.05) is 11.3 Å². The Labute approximate surface area is 74.0 Å². The topological polar surface area (TPSA) is 51.8 Å². The third-order valence-corrected chi connectivity index (χ3v) is 1.98. The second kappa shape index (κ2) is 2.91. The van der Waals surface area contributed by atoms with Crippen molar-refractivity contribution in [1.29, 1.82) is 0 Å². The van der Waals surface area contributed by atoms with Crippen LogP contribution in [0.2, 0.25) is 0 Å². The number of nitrogens with two attached hydrogens (primary N) is 1. The van der Waals surface area contributed by atoms with Crippen LogP contribution in [0.25, 0.3) is 11.4 Å². The molecule has 0 aliphatic rings. The molecule has 1 heterocycles. The van der Waals surface area contributed by atoms with E-state index in [0.29, 0.717) is 0 Å². The van der Waals surface area contributed by atoms with Crippen LogP contribution in [0.4, 0.5) is 5.69 Å². The Hall–Kier alpha value is -1.42. The van der Waals surface area contributed by atoms with Gasteiger partial charge >= 0.3 is 0 Å². The first kappa shape index (κ1) is 7.24. The van der Waals surface area contributed by atoms with E-state index in [1.54, 1.807) is 5.51 Å². The summed E-state index contributed by atoms with van der Waals surface area (Å²) in [5.74, 6) is 0.743. The number of rotatable bonds is 1. The van der Waals surface area contributed by atoms with E-state index in [1.807, 2.05) is 24.3 Å². The Kier molecular flexibility index (Phi) is 1.75. The van der Waals surface area contributed by atoms with Gasteiger partial charge in [-0.05, 0) is 23.7 Å². The van der Waals surface area contributed by atoms with Crippen LogP contribution in [0.1, 0.15) is 0 Å². The van der Waals surface area contributed by atoms with Gasteiger partial charge in [-0.1, -0.05) is 12.1 Å². The van der Waals surface area contributed by atoms with Gasteiger partial charge in [0.25, 0.3) is 0 Å². The fourth-order valence-electron chi connectivity index (χ4n) is 0.976. The molecule has 0 spiro atoms. The molecule has 0 saturated carbocycles. The first-order chi connectivity index (χ1) is 5.86. The maximum absolute atomic E-state index is 5.61. The molecule has 60 valence electrons. The van der Waals surface area contributed by atoms with Crippen LogP contribution in [0.3, 0.4) is 0 Å². The molecule has 0 radical (unpaired) electrons. The number of aromatic nitrogens is 2. The predicted molar refractivity (Wildman–Crippen MR) is 49.8 cm³/mol. The molecule has 0 saturated heterocycles. The normalized spacial score (nSPS) is 10.0. The molecular weight excluding hydrogens is 170 g/mol. The second-order valence-corrected chi connectivity index (χ2v) is 2.98. The molecule has 1 aromatic carbocycles. The van der Waals surface area contributed by atoms with Crippen molar-refractivity contribution >= 4 is 17.2 Å². The van der Waals surface area contributed by atoms with Gasteiger partial charge in [-0.3, -0.25) is 0 Å². The summed E-state index contributed by atoms with van der Waals surface area (Å²) < 4.78 is 4.10. The van der Waals surface area contributed by atoms with Crippen LogP contribution in [0, 0.1) is 0 Å². The predicted octanol–water partition coefficient (Wildman–Crippen LogP) is 1.79. The van der Waals surface area contributed by atoms with Crippen LogP contribution in [-0.4, -0.2) is 9.36 Å². The van der Waals surface area contributed by atoms with Crippen molar-refractivity contribution in [3.05, 3.63) is 29.8 Å². The van der Waals surface area contributed by atoms with Gasteiger partial charge in [0.05, 0.1) is 0 Å². The van der Waals surface area contributed by atoms with Crippen LogP contribution < -0.4 is 5.73 Å². The van der Waals surface area contributed by atoms with Crippen LogP contribution in [-0.2, 0) is 0 Å². The molecule has 0 aliphatic heterocycles. The third-order valence-electron chi connectivity index (χ3n) is 1.51. The third kappa shape index (κ3) is 1.29. The minimum atomic E-state index is 0.738. The Morgan fingerprint density at radius 2 is 2.25 bits per heavy atom. The first-order valence-corrected chi connectivity index (χ1v) is 4.32. The van der Waals surface area contributed by atoms with Crippen molar-refractivity contribution in [2.45, 2.75) is 0 Å². The molecule has 0 unspecified atom stereocenters. The first-order valence-electron chi connectivity index (χ1n) is 3.48. The zero-order chi connectivity index (χ0) is 8.39. The average Bonchev–Trinajstić information content (AvgIpc) is 2.56. The second-order valence-electron chi connectivity index (χ2n) is 2.38. The molecule has 12 heavy (non-hydrogen) atoms. The lowest BCUT2D eigenvalue weighted by Gasteiger charge is -1.95. The van der Waals surface area contributed by atoms with Crippen molar-refractivity contribution in [3.63, 3.8) is 0 Å². The van der Waals surface area contributed by atoms with E-state index < -0.39 is 0 Å². The highest BCUT2D eigenvalue weighted by atomic mass is 32.1. The number of nitrogens with zero attached hydrogens (tertiary/aromatic N) is 2. The van der Waals surface area contributed by atoms with Gasteiger partial charge in [0.1, 0.15) is 5.51 Å². The molecule has 0 aliphatic carbocycles. The Bertz CT molecular complexity index is 370. The summed E-state index contributed by atoms with van der Waals surface area (Å²) in [7, 11) is 0. The zero-order valence-electron chi connectivity index (χ0n) is 6.27. The maximum atomic E-state index is 5.61. The van der Waals surface area contributed by atoms with E-state index in [0.717, 1.165) is 17.1 Å². The van der Waals surface area contributed by atoms with Crippen LogP contribution >= 0.6 is 11.5 Å². The fraction of sp³-hybridized carbons (Fsp3) is 0. The molecule has 1 aromatic heterocycles. The van der Waals surface area contributed by atoms with Crippen molar-refractivity contribution in [1.82, 2.24) is 9.36 Å². The van der Waals surface area contributed by atoms with Crippen molar-refractivity contribution < 1.29 is 0 Å². The molecule has 2 rings (SSSR count). The lowest BCUT2D eigenvalue weighted by Crippen LogP contribution is -1.85.